The number of carbonyl (C=O) groups excluding carboxylic acids is 2. The second-order valence-electron chi connectivity index (χ2n) is 8.43. The molecule has 3 aromatic rings. The van der Waals surface area contributed by atoms with E-state index in [2.05, 4.69) is 4.98 Å². The van der Waals surface area contributed by atoms with Gasteiger partial charge in [0.05, 0.1) is 23.9 Å². The van der Waals surface area contributed by atoms with Crippen molar-refractivity contribution in [3.8, 4) is 11.5 Å². The standard InChI is InChI=1S/C27H26N2O4/c1-18(2)15-23(30)24-25(29(27(32)26(24)31)17-20-10-6-7-14-28-20)19-9-8-13-22(16-19)33-21-11-4-3-5-12-21/h3-14,16,18,25,31H,15,17H2,1-2H3. The average molecular weight is 443 g/mol. The fourth-order valence-electron chi connectivity index (χ4n) is 3.97. The molecule has 1 aliphatic rings. The van der Waals surface area contributed by atoms with Gasteiger partial charge in [-0.2, -0.15) is 0 Å². The Kier molecular flexibility index (Phi) is 6.54. The molecule has 1 aliphatic heterocycles. The Morgan fingerprint density at radius 2 is 1.76 bits per heavy atom. The Labute approximate surface area is 193 Å². The van der Waals surface area contributed by atoms with Crippen LogP contribution >= 0.6 is 0 Å². The number of amides is 1. The van der Waals surface area contributed by atoms with Gasteiger partial charge in [-0.15, -0.1) is 0 Å². The lowest BCUT2D eigenvalue weighted by Gasteiger charge is -2.27. The molecule has 2 heterocycles. The van der Waals surface area contributed by atoms with Crippen molar-refractivity contribution >= 4 is 11.7 Å². The molecule has 1 amide bonds. The molecule has 0 saturated heterocycles. The number of hydrogen-bond donors (Lipinski definition) is 1. The number of aliphatic hydroxyl groups is 1. The van der Waals surface area contributed by atoms with Gasteiger partial charge in [-0.05, 0) is 47.9 Å². The van der Waals surface area contributed by atoms with Gasteiger partial charge in [0.25, 0.3) is 5.91 Å². The van der Waals surface area contributed by atoms with E-state index in [0.29, 0.717) is 22.8 Å². The summed E-state index contributed by atoms with van der Waals surface area (Å²) < 4.78 is 5.97. The van der Waals surface area contributed by atoms with Crippen LogP contribution in [-0.2, 0) is 16.1 Å². The SMILES string of the molecule is CC(C)CC(=O)C1=C(O)C(=O)N(Cc2ccccn2)C1c1cccc(Oc2ccccc2)c1. The van der Waals surface area contributed by atoms with E-state index in [1.165, 1.54) is 4.90 Å². The van der Waals surface area contributed by atoms with E-state index in [1.807, 2.05) is 74.5 Å². The summed E-state index contributed by atoms with van der Waals surface area (Å²) >= 11 is 0. The molecule has 1 aromatic heterocycles. The van der Waals surface area contributed by atoms with Crippen molar-refractivity contribution in [1.29, 1.82) is 0 Å². The summed E-state index contributed by atoms with van der Waals surface area (Å²) in [7, 11) is 0. The summed E-state index contributed by atoms with van der Waals surface area (Å²) in [6.07, 6.45) is 1.89. The number of benzene rings is 2. The van der Waals surface area contributed by atoms with Crippen LogP contribution in [0.1, 0.15) is 37.6 Å². The van der Waals surface area contributed by atoms with Crippen molar-refractivity contribution in [2.45, 2.75) is 32.9 Å². The van der Waals surface area contributed by atoms with E-state index < -0.39 is 17.7 Å². The number of aromatic nitrogens is 1. The van der Waals surface area contributed by atoms with Crippen molar-refractivity contribution < 1.29 is 19.4 Å². The lowest BCUT2D eigenvalue weighted by Crippen LogP contribution is -2.31. The molecule has 0 radical (unpaired) electrons. The lowest BCUT2D eigenvalue weighted by atomic mass is 9.92. The Morgan fingerprint density at radius 3 is 2.45 bits per heavy atom. The molecule has 6 heteroatoms. The van der Waals surface area contributed by atoms with Crippen LogP contribution in [0.2, 0.25) is 0 Å². The van der Waals surface area contributed by atoms with Gasteiger partial charge in [0, 0.05) is 12.6 Å². The van der Waals surface area contributed by atoms with Crippen LogP contribution in [0.4, 0.5) is 0 Å². The first-order valence-corrected chi connectivity index (χ1v) is 10.9. The summed E-state index contributed by atoms with van der Waals surface area (Å²) in [5, 5.41) is 10.7. The summed E-state index contributed by atoms with van der Waals surface area (Å²) in [4.78, 5) is 32.0. The Bertz CT molecular complexity index is 1170. The van der Waals surface area contributed by atoms with Crippen molar-refractivity contribution in [2.24, 2.45) is 5.92 Å². The van der Waals surface area contributed by atoms with E-state index in [-0.39, 0.29) is 30.2 Å². The van der Waals surface area contributed by atoms with E-state index in [1.54, 1.807) is 18.3 Å². The number of nitrogens with zero attached hydrogens (tertiary/aromatic N) is 2. The largest absolute Gasteiger partial charge is 0.503 e. The summed E-state index contributed by atoms with van der Waals surface area (Å²) in [6, 6.07) is 21.4. The molecular weight excluding hydrogens is 416 g/mol. The third-order valence-electron chi connectivity index (χ3n) is 5.41. The minimum atomic E-state index is -0.731. The van der Waals surface area contributed by atoms with Crippen LogP contribution in [0.3, 0.4) is 0 Å². The highest BCUT2D eigenvalue weighted by Crippen LogP contribution is 2.40. The maximum absolute atomic E-state index is 13.1. The predicted octanol–water partition coefficient (Wildman–Crippen LogP) is 5.38. The zero-order chi connectivity index (χ0) is 23.4. The van der Waals surface area contributed by atoms with Gasteiger partial charge in [-0.1, -0.05) is 50.2 Å². The molecular formula is C27H26N2O4. The number of para-hydroxylation sites is 1. The maximum Gasteiger partial charge on any atom is 0.290 e. The molecule has 1 N–H and O–H groups in total. The normalized spacial score (nSPS) is 15.9. The van der Waals surface area contributed by atoms with E-state index in [0.717, 1.165) is 0 Å². The van der Waals surface area contributed by atoms with Gasteiger partial charge in [-0.25, -0.2) is 0 Å². The Morgan fingerprint density at radius 1 is 1.03 bits per heavy atom. The first kappa shape index (κ1) is 22.3. The fraction of sp³-hybridized carbons (Fsp3) is 0.222. The van der Waals surface area contributed by atoms with Crippen molar-refractivity contribution in [3.63, 3.8) is 0 Å². The van der Waals surface area contributed by atoms with Gasteiger partial charge in [0.1, 0.15) is 11.5 Å². The molecule has 0 aliphatic carbocycles. The van der Waals surface area contributed by atoms with Crippen LogP contribution < -0.4 is 4.74 Å². The summed E-state index contributed by atoms with van der Waals surface area (Å²) in [6.45, 7) is 4.03. The molecule has 168 valence electrons. The number of Topliss-reactive ketones (excluding diaryl/α,β-unsaturated/α-hetero) is 1. The quantitative estimate of drug-likeness (QED) is 0.506. The van der Waals surface area contributed by atoms with Gasteiger partial charge < -0.3 is 14.7 Å². The molecule has 4 rings (SSSR count). The molecule has 2 aromatic carbocycles. The van der Waals surface area contributed by atoms with Crippen molar-refractivity contribution in [1.82, 2.24) is 9.88 Å². The van der Waals surface area contributed by atoms with Crippen LogP contribution in [0.25, 0.3) is 0 Å². The maximum atomic E-state index is 13.1. The number of aliphatic hydroxyl groups excluding tert-OH is 1. The zero-order valence-electron chi connectivity index (χ0n) is 18.6. The number of ketones is 1. The van der Waals surface area contributed by atoms with Crippen molar-refractivity contribution in [2.75, 3.05) is 0 Å². The van der Waals surface area contributed by atoms with Gasteiger partial charge in [0.15, 0.2) is 11.5 Å². The molecule has 0 fully saturated rings. The van der Waals surface area contributed by atoms with Crippen LogP contribution in [0.15, 0.2) is 90.3 Å². The third kappa shape index (κ3) is 4.95. The Balaban J connectivity index is 1.73. The number of ether oxygens (including phenoxy) is 1. The number of pyridine rings is 1. The minimum Gasteiger partial charge on any atom is -0.503 e. The van der Waals surface area contributed by atoms with Gasteiger partial charge in [-0.3, -0.25) is 14.6 Å². The minimum absolute atomic E-state index is 0.0890. The molecule has 6 nitrogen and oxygen atoms in total. The highest BCUT2D eigenvalue weighted by molar-refractivity contribution is 6.09. The van der Waals surface area contributed by atoms with Crippen LogP contribution in [0, 0.1) is 5.92 Å². The second kappa shape index (κ2) is 9.69. The predicted molar refractivity (Wildman–Crippen MR) is 125 cm³/mol. The van der Waals surface area contributed by atoms with Crippen LogP contribution in [0.5, 0.6) is 11.5 Å². The smallest absolute Gasteiger partial charge is 0.290 e. The van der Waals surface area contributed by atoms with Crippen molar-refractivity contribution in [3.05, 3.63) is 102 Å². The summed E-state index contributed by atoms with van der Waals surface area (Å²) in [5.41, 5.74) is 1.48. The lowest BCUT2D eigenvalue weighted by molar-refractivity contribution is -0.130. The first-order chi connectivity index (χ1) is 15.9. The third-order valence-corrected chi connectivity index (χ3v) is 5.41. The highest BCUT2D eigenvalue weighted by atomic mass is 16.5. The van der Waals surface area contributed by atoms with Gasteiger partial charge >= 0.3 is 0 Å². The van der Waals surface area contributed by atoms with Gasteiger partial charge in [0.2, 0.25) is 0 Å². The number of rotatable bonds is 8. The van der Waals surface area contributed by atoms with Crippen LogP contribution in [-0.4, -0.2) is 26.7 Å². The molecule has 33 heavy (non-hydrogen) atoms. The second-order valence-corrected chi connectivity index (χ2v) is 8.43. The molecule has 1 atom stereocenters. The molecule has 0 spiro atoms. The monoisotopic (exact) mass is 442 g/mol. The Hall–Kier alpha value is -3.93. The molecule has 1 unspecified atom stereocenters. The first-order valence-electron chi connectivity index (χ1n) is 10.9. The molecule has 0 bridgehead atoms. The number of carbonyl (C=O) groups is 2. The number of hydrogen-bond acceptors (Lipinski definition) is 5. The topological polar surface area (TPSA) is 79.7 Å². The highest BCUT2D eigenvalue weighted by Gasteiger charge is 2.43. The van der Waals surface area contributed by atoms with E-state index in [9.17, 15) is 14.7 Å². The fourth-order valence-corrected chi connectivity index (χ4v) is 3.97. The summed E-state index contributed by atoms with van der Waals surface area (Å²) in [5.74, 6) is 0.0379. The average Bonchev–Trinajstić information content (AvgIpc) is 3.05. The van der Waals surface area contributed by atoms with E-state index in [4.69, 9.17) is 4.74 Å². The molecule has 0 saturated carbocycles. The zero-order valence-corrected chi connectivity index (χ0v) is 18.6. The van der Waals surface area contributed by atoms with E-state index >= 15 is 0 Å².